The molecular weight excluding hydrogens is 522 g/mol. The van der Waals surface area contributed by atoms with Crippen LogP contribution in [0.4, 0.5) is 11.5 Å². The van der Waals surface area contributed by atoms with Gasteiger partial charge in [0, 0.05) is 30.4 Å². The van der Waals surface area contributed by atoms with Gasteiger partial charge in [-0.05, 0) is 69.2 Å². The molecule has 13 heteroatoms. The number of aromatic nitrogens is 3. The highest BCUT2D eigenvalue weighted by molar-refractivity contribution is 7.92. The Labute approximate surface area is 225 Å². The molecule has 1 atom stereocenters. The summed E-state index contributed by atoms with van der Waals surface area (Å²) in [6, 6.07) is 5.01. The van der Waals surface area contributed by atoms with Crippen LogP contribution in [-0.2, 0) is 16.6 Å². The van der Waals surface area contributed by atoms with Crippen LogP contribution in [0.15, 0.2) is 24.4 Å². The average Bonchev–Trinajstić information content (AvgIpc) is 3.53. The maximum atomic E-state index is 13.4. The summed E-state index contributed by atoms with van der Waals surface area (Å²) in [6.07, 6.45) is 5.71. The number of hydrogen-bond donors (Lipinski definition) is 4. The van der Waals surface area contributed by atoms with Gasteiger partial charge in [0.25, 0.3) is 11.8 Å². The Kier molecular flexibility index (Phi) is 5.67. The molecule has 3 aliphatic rings. The summed E-state index contributed by atoms with van der Waals surface area (Å²) >= 11 is 0. The molecule has 2 amide bonds. The lowest BCUT2D eigenvalue weighted by Crippen LogP contribution is -2.53. The largest absolute Gasteiger partial charge is 0.390 e. The second kappa shape index (κ2) is 8.65. The Bertz CT molecular complexity index is 1640. The molecule has 12 nitrogen and oxygen atoms in total. The molecular formula is C26H31N7O5S. The van der Waals surface area contributed by atoms with Gasteiger partial charge in [0.2, 0.25) is 10.0 Å². The summed E-state index contributed by atoms with van der Waals surface area (Å²) in [7, 11) is -3.67. The van der Waals surface area contributed by atoms with E-state index in [1.807, 2.05) is 13.0 Å². The van der Waals surface area contributed by atoms with Crippen LogP contribution in [0.25, 0.3) is 16.9 Å². The number of carbonyl (C=O) groups excluding carboxylic acids is 2. The molecule has 0 radical (unpaired) electrons. The zero-order chi connectivity index (χ0) is 27.9. The summed E-state index contributed by atoms with van der Waals surface area (Å²) in [5.41, 5.74) is 7.96. The van der Waals surface area contributed by atoms with E-state index in [0.29, 0.717) is 47.7 Å². The summed E-state index contributed by atoms with van der Waals surface area (Å²) in [6.45, 7) is 4.12. The first-order chi connectivity index (χ1) is 18.3. The fourth-order valence-electron chi connectivity index (χ4n) is 5.75. The highest BCUT2D eigenvalue weighted by Gasteiger charge is 2.41. The van der Waals surface area contributed by atoms with Crippen molar-refractivity contribution in [3.8, 4) is 11.3 Å². The van der Waals surface area contributed by atoms with Crippen molar-refractivity contribution in [2.24, 2.45) is 5.92 Å². The summed E-state index contributed by atoms with van der Waals surface area (Å²) in [5, 5.41) is 17.1. The normalized spacial score (nSPS) is 23.4. The van der Waals surface area contributed by atoms with Crippen molar-refractivity contribution in [2.45, 2.75) is 63.8 Å². The molecule has 3 heterocycles. The minimum Gasteiger partial charge on any atom is -0.390 e. The second-order valence-corrected chi connectivity index (χ2v) is 13.1. The first-order valence-electron chi connectivity index (χ1n) is 12.9. The van der Waals surface area contributed by atoms with Gasteiger partial charge in [-0.3, -0.25) is 14.3 Å². The van der Waals surface area contributed by atoms with Crippen LogP contribution < -0.4 is 15.8 Å². The van der Waals surface area contributed by atoms with Crippen LogP contribution in [-0.4, -0.2) is 68.8 Å². The van der Waals surface area contributed by atoms with Gasteiger partial charge in [0.05, 0.1) is 28.8 Å². The van der Waals surface area contributed by atoms with E-state index in [9.17, 15) is 23.1 Å². The maximum absolute atomic E-state index is 13.4. The van der Waals surface area contributed by atoms with Crippen molar-refractivity contribution >= 4 is 39.0 Å². The first-order valence-corrected chi connectivity index (χ1v) is 14.8. The second-order valence-electron chi connectivity index (χ2n) is 11.4. The van der Waals surface area contributed by atoms with Gasteiger partial charge < -0.3 is 21.1 Å². The van der Waals surface area contributed by atoms with Crippen molar-refractivity contribution in [1.82, 2.24) is 24.8 Å². The van der Waals surface area contributed by atoms with Gasteiger partial charge >= 0.3 is 0 Å². The van der Waals surface area contributed by atoms with Crippen LogP contribution in [0.3, 0.4) is 0 Å². The minimum absolute atomic E-state index is 0.0203. The van der Waals surface area contributed by atoms with E-state index < -0.39 is 21.5 Å². The van der Waals surface area contributed by atoms with E-state index in [-0.39, 0.29) is 40.7 Å². The van der Waals surface area contributed by atoms with Gasteiger partial charge in [-0.2, -0.15) is 0 Å². The van der Waals surface area contributed by atoms with Crippen LogP contribution in [0.1, 0.15) is 65.8 Å². The Balaban J connectivity index is 1.39. The van der Waals surface area contributed by atoms with Crippen molar-refractivity contribution < 1.29 is 23.1 Å². The van der Waals surface area contributed by atoms with Gasteiger partial charge in [-0.1, -0.05) is 0 Å². The molecule has 2 aliphatic carbocycles. The molecule has 3 aromatic rings. The van der Waals surface area contributed by atoms with Crippen LogP contribution in [0.2, 0.25) is 0 Å². The van der Waals surface area contributed by atoms with Crippen molar-refractivity contribution in [3.05, 3.63) is 41.1 Å². The number of nitrogen functional groups attached to an aromatic ring is 1. The third kappa shape index (κ3) is 4.69. The Morgan fingerprint density at radius 1 is 1.28 bits per heavy atom. The lowest BCUT2D eigenvalue weighted by Gasteiger charge is -2.41. The summed E-state index contributed by atoms with van der Waals surface area (Å²) in [5.74, 6) is -0.146. The first kappa shape index (κ1) is 25.6. The highest BCUT2D eigenvalue weighted by atomic mass is 32.2. The van der Waals surface area contributed by atoms with Gasteiger partial charge in [0.1, 0.15) is 5.56 Å². The molecule has 0 bridgehead atoms. The number of anilines is 2. The molecule has 1 aromatic carbocycles. The predicted octanol–water partition coefficient (Wildman–Crippen LogP) is 1.75. The quantitative estimate of drug-likeness (QED) is 0.343. The highest BCUT2D eigenvalue weighted by Crippen LogP contribution is 2.41. The molecule has 2 fully saturated rings. The number of aliphatic hydroxyl groups is 1. The molecule has 6 rings (SSSR count). The fraction of sp³-hybridized carbons (Fsp3) is 0.462. The van der Waals surface area contributed by atoms with E-state index in [1.165, 1.54) is 4.52 Å². The average molecular weight is 554 g/mol. The molecule has 5 N–H and O–H groups in total. The molecule has 206 valence electrons. The molecule has 0 spiro atoms. The van der Waals surface area contributed by atoms with E-state index in [2.05, 4.69) is 20.1 Å². The summed E-state index contributed by atoms with van der Waals surface area (Å²) < 4.78 is 28.3. The SMILES string of the molecule is CC(C1CC1)N1Cc2cc(-c3ccn4nc(N)c(C(=O)NC5CC(C)(O)C5)c4n3)cc(NS(C)(=O)=O)c2C1=O. The molecule has 39 heavy (non-hydrogen) atoms. The number of carbonyl (C=O) groups is 2. The number of nitrogens with zero attached hydrogens (tertiary/aromatic N) is 4. The van der Waals surface area contributed by atoms with E-state index in [0.717, 1.165) is 19.1 Å². The molecule has 2 saturated carbocycles. The number of nitrogens with one attached hydrogen (secondary N) is 2. The van der Waals surface area contributed by atoms with E-state index in [4.69, 9.17) is 5.73 Å². The molecule has 2 aromatic heterocycles. The lowest BCUT2D eigenvalue weighted by atomic mass is 9.77. The number of hydrogen-bond acceptors (Lipinski definition) is 8. The Hall–Kier alpha value is -3.71. The predicted molar refractivity (Wildman–Crippen MR) is 144 cm³/mol. The third-order valence-electron chi connectivity index (χ3n) is 7.87. The fourth-order valence-corrected chi connectivity index (χ4v) is 6.32. The molecule has 1 aliphatic heterocycles. The number of fused-ring (bicyclic) bond motifs is 2. The lowest BCUT2D eigenvalue weighted by molar-refractivity contribution is -0.0366. The maximum Gasteiger partial charge on any atom is 0.259 e. The number of benzene rings is 1. The van der Waals surface area contributed by atoms with Gasteiger partial charge in [-0.25, -0.2) is 17.9 Å². The van der Waals surface area contributed by atoms with Gasteiger partial charge in [-0.15, -0.1) is 5.10 Å². The zero-order valence-electron chi connectivity index (χ0n) is 21.9. The van der Waals surface area contributed by atoms with Crippen molar-refractivity contribution in [3.63, 3.8) is 0 Å². The van der Waals surface area contributed by atoms with Gasteiger partial charge in [0.15, 0.2) is 11.5 Å². The smallest absolute Gasteiger partial charge is 0.259 e. The zero-order valence-corrected chi connectivity index (χ0v) is 22.7. The van der Waals surface area contributed by atoms with E-state index in [1.54, 1.807) is 30.2 Å². The third-order valence-corrected chi connectivity index (χ3v) is 8.46. The number of amides is 2. The number of sulfonamides is 1. The van der Waals surface area contributed by atoms with Crippen LogP contribution >= 0.6 is 0 Å². The standard InChI is InChI=1S/C26H31N7O5S/c1-13(14-4-5-14)32-12-16-8-15(9-19(20(16)25(32)35)31-39(3,37)38)18-6-7-33-23(29-18)21(22(27)30-33)24(34)28-17-10-26(2,36)11-17/h6-9,13-14,17,31,36H,4-5,10-12H2,1-3H3,(H2,27,30)(H,28,34). The number of rotatable bonds is 7. The Morgan fingerprint density at radius 3 is 2.64 bits per heavy atom. The van der Waals surface area contributed by atoms with E-state index >= 15 is 0 Å². The monoisotopic (exact) mass is 553 g/mol. The topological polar surface area (TPSA) is 172 Å². The van der Waals surface area contributed by atoms with Crippen molar-refractivity contribution in [1.29, 1.82) is 0 Å². The van der Waals surface area contributed by atoms with Crippen molar-refractivity contribution in [2.75, 3.05) is 16.7 Å². The molecule has 1 unspecified atom stereocenters. The summed E-state index contributed by atoms with van der Waals surface area (Å²) in [4.78, 5) is 32.9. The minimum atomic E-state index is -3.67. The number of nitrogens with two attached hydrogens (primary N) is 1. The molecule has 0 saturated heterocycles. The van der Waals surface area contributed by atoms with Crippen LogP contribution in [0.5, 0.6) is 0 Å². The van der Waals surface area contributed by atoms with Crippen LogP contribution in [0, 0.1) is 5.92 Å². The Morgan fingerprint density at radius 2 is 2.00 bits per heavy atom.